The molecule has 9 nitrogen and oxygen atoms in total. The fraction of sp³-hybridized carbons (Fsp3) is 0.389. The van der Waals surface area contributed by atoms with Gasteiger partial charge in [0.15, 0.2) is 11.5 Å². The van der Waals surface area contributed by atoms with Crippen LogP contribution in [0.3, 0.4) is 0 Å². The third-order valence-electron chi connectivity index (χ3n) is 4.37. The van der Waals surface area contributed by atoms with Gasteiger partial charge in [-0.25, -0.2) is 9.97 Å². The second-order valence-electron chi connectivity index (χ2n) is 6.19. The van der Waals surface area contributed by atoms with Gasteiger partial charge < -0.3 is 24.8 Å². The predicted molar refractivity (Wildman–Crippen MR) is 98.3 cm³/mol. The number of anilines is 2. The molecule has 142 valence electrons. The smallest absolute Gasteiger partial charge is 0.274 e. The number of ether oxygens (including phenoxy) is 3. The van der Waals surface area contributed by atoms with E-state index < -0.39 is 0 Å². The average molecular weight is 371 g/mol. The Kier molecular flexibility index (Phi) is 5.31. The highest BCUT2D eigenvalue weighted by atomic mass is 16.7. The molecule has 1 fully saturated rings. The summed E-state index contributed by atoms with van der Waals surface area (Å²) in [5, 5.41) is 6.04. The van der Waals surface area contributed by atoms with Crippen molar-refractivity contribution in [2.45, 2.75) is 0 Å². The normalized spacial score (nSPS) is 16.1. The first kappa shape index (κ1) is 17.5. The molecule has 0 aliphatic carbocycles. The van der Waals surface area contributed by atoms with Crippen LogP contribution in [0, 0.1) is 0 Å². The van der Waals surface area contributed by atoms with Crippen molar-refractivity contribution in [3.05, 3.63) is 36.3 Å². The molecule has 0 radical (unpaired) electrons. The molecule has 0 unspecified atom stereocenters. The van der Waals surface area contributed by atoms with Crippen LogP contribution in [0.25, 0.3) is 0 Å². The largest absolute Gasteiger partial charge is 0.454 e. The van der Waals surface area contributed by atoms with Gasteiger partial charge in [-0.15, -0.1) is 0 Å². The van der Waals surface area contributed by atoms with Crippen molar-refractivity contribution >= 4 is 17.4 Å². The first-order valence-electron chi connectivity index (χ1n) is 8.85. The van der Waals surface area contributed by atoms with Crippen LogP contribution in [0.2, 0.25) is 0 Å². The number of carbonyl (C=O) groups is 1. The van der Waals surface area contributed by atoms with E-state index in [1.807, 2.05) is 0 Å². The number of hydrogen-bond donors (Lipinski definition) is 2. The summed E-state index contributed by atoms with van der Waals surface area (Å²) in [6.07, 6.45) is 1.38. The van der Waals surface area contributed by atoms with Crippen molar-refractivity contribution in [1.29, 1.82) is 0 Å². The third kappa shape index (κ3) is 4.44. The molecule has 0 spiro atoms. The Morgan fingerprint density at radius 3 is 2.85 bits per heavy atom. The number of amides is 1. The number of fused-ring (bicyclic) bond motifs is 1. The standard InChI is InChI=1S/C18H21N5O4/c24-18(22-13-1-2-15-16(9-13)27-12-26-15)14-10-17(21-11-20-14)19-3-4-23-5-7-25-8-6-23/h1-2,9-11H,3-8,12H2,(H,22,24)(H,19,20,21). The number of carbonyl (C=O) groups excluding carboxylic acids is 1. The van der Waals surface area contributed by atoms with Gasteiger partial charge in [-0.2, -0.15) is 0 Å². The van der Waals surface area contributed by atoms with E-state index in [1.54, 1.807) is 24.3 Å². The average Bonchev–Trinajstić information content (AvgIpc) is 3.17. The molecule has 1 aromatic carbocycles. The molecular formula is C18H21N5O4. The molecule has 0 atom stereocenters. The Bertz CT molecular complexity index is 810. The Morgan fingerprint density at radius 2 is 1.96 bits per heavy atom. The topological polar surface area (TPSA) is 97.8 Å². The summed E-state index contributed by atoms with van der Waals surface area (Å²) in [5.74, 6) is 1.59. The van der Waals surface area contributed by atoms with Gasteiger partial charge >= 0.3 is 0 Å². The van der Waals surface area contributed by atoms with E-state index >= 15 is 0 Å². The highest BCUT2D eigenvalue weighted by Crippen LogP contribution is 2.34. The van der Waals surface area contributed by atoms with Gasteiger partial charge in [-0.05, 0) is 12.1 Å². The van der Waals surface area contributed by atoms with E-state index in [-0.39, 0.29) is 18.4 Å². The first-order chi connectivity index (χ1) is 13.3. The van der Waals surface area contributed by atoms with Crippen LogP contribution in [0.1, 0.15) is 10.5 Å². The van der Waals surface area contributed by atoms with Gasteiger partial charge in [0.2, 0.25) is 6.79 Å². The van der Waals surface area contributed by atoms with Crippen molar-refractivity contribution in [3.63, 3.8) is 0 Å². The number of rotatable bonds is 6. The second kappa shape index (κ2) is 8.19. The highest BCUT2D eigenvalue weighted by Gasteiger charge is 2.15. The molecule has 2 aliphatic heterocycles. The maximum atomic E-state index is 12.5. The SMILES string of the molecule is O=C(Nc1ccc2c(c1)OCO2)c1cc(NCCN2CCOCC2)ncn1. The van der Waals surface area contributed by atoms with Gasteiger partial charge in [0.25, 0.3) is 5.91 Å². The number of morpholine rings is 1. The fourth-order valence-corrected chi connectivity index (χ4v) is 2.91. The molecule has 3 heterocycles. The summed E-state index contributed by atoms with van der Waals surface area (Å²) in [7, 11) is 0. The number of hydrogen-bond acceptors (Lipinski definition) is 8. The molecule has 0 bridgehead atoms. The number of nitrogens with zero attached hydrogens (tertiary/aromatic N) is 3. The maximum absolute atomic E-state index is 12.5. The minimum absolute atomic E-state index is 0.193. The van der Waals surface area contributed by atoms with Gasteiger partial charge in [-0.1, -0.05) is 0 Å². The Morgan fingerprint density at radius 1 is 1.11 bits per heavy atom. The van der Waals surface area contributed by atoms with Crippen molar-refractivity contribution in [3.8, 4) is 11.5 Å². The zero-order valence-corrected chi connectivity index (χ0v) is 14.8. The van der Waals surface area contributed by atoms with Gasteiger partial charge in [0.05, 0.1) is 13.2 Å². The van der Waals surface area contributed by atoms with E-state index in [0.29, 0.717) is 23.0 Å². The molecule has 1 saturated heterocycles. The predicted octanol–water partition coefficient (Wildman–Crippen LogP) is 1.20. The van der Waals surface area contributed by atoms with E-state index in [9.17, 15) is 4.79 Å². The van der Waals surface area contributed by atoms with Gasteiger partial charge in [0.1, 0.15) is 17.8 Å². The van der Waals surface area contributed by atoms with Crippen molar-refractivity contribution < 1.29 is 19.0 Å². The van der Waals surface area contributed by atoms with E-state index in [0.717, 1.165) is 39.4 Å². The van der Waals surface area contributed by atoms with Crippen molar-refractivity contribution in [1.82, 2.24) is 14.9 Å². The van der Waals surface area contributed by atoms with E-state index in [2.05, 4.69) is 25.5 Å². The molecule has 1 amide bonds. The molecule has 9 heteroatoms. The van der Waals surface area contributed by atoms with Crippen LogP contribution >= 0.6 is 0 Å². The Hall–Kier alpha value is -2.91. The summed E-state index contributed by atoms with van der Waals surface area (Å²) in [5.41, 5.74) is 0.904. The summed E-state index contributed by atoms with van der Waals surface area (Å²) >= 11 is 0. The van der Waals surface area contributed by atoms with Crippen LogP contribution in [0.5, 0.6) is 11.5 Å². The molecule has 1 aromatic heterocycles. The monoisotopic (exact) mass is 371 g/mol. The molecule has 4 rings (SSSR count). The molecule has 27 heavy (non-hydrogen) atoms. The maximum Gasteiger partial charge on any atom is 0.274 e. The summed E-state index contributed by atoms with van der Waals surface area (Å²) in [6.45, 7) is 5.25. The van der Waals surface area contributed by atoms with Gasteiger partial charge in [-0.3, -0.25) is 9.69 Å². The molecule has 0 saturated carbocycles. The van der Waals surface area contributed by atoms with E-state index in [1.165, 1.54) is 6.33 Å². The van der Waals surface area contributed by atoms with Crippen LogP contribution in [0.15, 0.2) is 30.6 Å². The lowest BCUT2D eigenvalue weighted by atomic mass is 10.2. The zero-order chi connectivity index (χ0) is 18.5. The summed E-state index contributed by atoms with van der Waals surface area (Å²) in [6, 6.07) is 6.88. The lowest BCUT2D eigenvalue weighted by Gasteiger charge is -2.26. The van der Waals surface area contributed by atoms with Crippen LogP contribution < -0.4 is 20.1 Å². The summed E-state index contributed by atoms with van der Waals surface area (Å²) in [4.78, 5) is 23.0. The van der Waals surface area contributed by atoms with Crippen LogP contribution in [-0.2, 0) is 4.74 Å². The molecule has 2 N–H and O–H groups in total. The second-order valence-corrected chi connectivity index (χ2v) is 6.19. The Balaban J connectivity index is 1.33. The van der Waals surface area contributed by atoms with Gasteiger partial charge in [0, 0.05) is 44.0 Å². The summed E-state index contributed by atoms with van der Waals surface area (Å²) < 4.78 is 15.9. The number of nitrogens with one attached hydrogen (secondary N) is 2. The lowest BCUT2D eigenvalue weighted by Crippen LogP contribution is -2.39. The molecular weight excluding hydrogens is 350 g/mol. The Labute approximate surface area is 156 Å². The van der Waals surface area contributed by atoms with E-state index in [4.69, 9.17) is 14.2 Å². The van der Waals surface area contributed by atoms with Crippen molar-refractivity contribution in [2.75, 3.05) is 56.8 Å². The quantitative estimate of drug-likeness (QED) is 0.782. The minimum atomic E-state index is -0.313. The third-order valence-corrected chi connectivity index (χ3v) is 4.37. The fourth-order valence-electron chi connectivity index (χ4n) is 2.91. The first-order valence-corrected chi connectivity index (χ1v) is 8.85. The lowest BCUT2D eigenvalue weighted by molar-refractivity contribution is 0.0398. The zero-order valence-electron chi connectivity index (χ0n) is 14.8. The number of aromatic nitrogens is 2. The van der Waals surface area contributed by atoms with Crippen LogP contribution in [0.4, 0.5) is 11.5 Å². The number of benzene rings is 1. The molecule has 2 aromatic rings. The highest BCUT2D eigenvalue weighted by molar-refractivity contribution is 6.03. The van der Waals surface area contributed by atoms with Crippen LogP contribution in [-0.4, -0.2) is 67.0 Å². The van der Waals surface area contributed by atoms with Crippen molar-refractivity contribution in [2.24, 2.45) is 0 Å². The molecule has 2 aliphatic rings. The minimum Gasteiger partial charge on any atom is -0.454 e.